The summed E-state index contributed by atoms with van der Waals surface area (Å²) in [4.78, 5) is 26.8. The van der Waals surface area contributed by atoms with E-state index in [0.29, 0.717) is 38.8 Å². The van der Waals surface area contributed by atoms with Gasteiger partial charge in [-0.1, -0.05) is 220 Å². The largest absolute Gasteiger partial charge is 0.466 e. The number of nitrogens with zero attached hydrogens (tertiary/aromatic N) is 1. The van der Waals surface area contributed by atoms with Gasteiger partial charge in [0, 0.05) is 26.9 Å². The molecule has 0 bridgehead atoms. The van der Waals surface area contributed by atoms with Crippen molar-refractivity contribution in [1.29, 1.82) is 0 Å². The zero-order valence-electron chi connectivity index (χ0n) is 42.8. The van der Waals surface area contributed by atoms with Gasteiger partial charge in [-0.05, 0) is 75.5 Å². The standard InChI is InChI=1S/C56H109NO5/c1-7-11-15-25-38-52(39-26-16-12-8-2)42-33-35-49-61-55(58)46-31-23-19-21-29-44-54(60-51-37-48-57(5)6)45-30-22-20-24-32-47-56(59)62-50-36-34-43-53(40-27-17-13-9-3)41-28-18-14-10-4/h37,48,52-54H,7-36,38-47,49-51H2,1-6H3/b48-37+. The van der Waals surface area contributed by atoms with Crippen LogP contribution in [0.25, 0.3) is 0 Å². The lowest BCUT2D eigenvalue weighted by Gasteiger charge is -2.17. The van der Waals surface area contributed by atoms with Crippen LogP contribution in [0, 0.1) is 11.8 Å². The molecule has 0 amide bonds. The minimum atomic E-state index is -0.00884. The third kappa shape index (κ3) is 45.0. The molecule has 368 valence electrons. The van der Waals surface area contributed by atoms with Gasteiger partial charge in [0.15, 0.2) is 0 Å². The second-order valence-electron chi connectivity index (χ2n) is 19.5. The molecule has 0 fully saturated rings. The van der Waals surface area contributed by atoms with Gasteiger partial charge < -0.3 is 19.1 Å². The Hall–Kier alpha value is -1.56. The first-order valence-corrected chi connectivity index (χ1v) is 27.6. The maximum Gasteiger partial charge on any atom is 0.305 e. The van der Waals surface area contributed by atoms with Crippen molar-refractivity contribution in [3.8, 4) is 0 Å². The summed E-state index contributed by atoms with van der Waals surface area (Å²) in [7, 11) is 4.08. The van der Waals surface area contributed by atoms with Crippen molar-refractivity contribution in [3.05, 3.63) is 12.3 Å². The van der Waals surface area contributed by atoms with Crippen molar-refractivity contribution >= 4 is 11.9 Å². The van der Waals surface area contributed by atoms with Crippen molar-refractivity contribution in [2.24, 2.45) is 11.8 Å². The second-order valence-corrected chi connectivity index (χ2v) is 19.5. The molecule has 0 aliphatic carbocycles. The Balaban J connectivity index is 4.16. The zero-order chi connectivity index (χ0) is 45.4. The molecule has 6 heteroatoms. The fourth-order valence-electron chi connectivity index (χ4n) is 8.99. The van der Waals surface area contributed by atoms with Gasteiger partial charge in [-0.2, -0.15) is 0 Å². The van der Waals surface area contributed by atoms with Crippen molar-refractivity contribution in [1.82, 2.24) is 4.90 Å². The van der Waals surface area contributed by atoms with Gasteiger partial charge in [0.25, 0.3) is 0 Å². The molecule has 0 unspecified atom stereocenters. The molecule has 0 atom stereocenters. The van der Waals surface area contributed by atoms with Crippen LogP contribution >= 0.6 is 0 Å². The lowest BCUT2D eigenvalue weighted by atomic mass is 9.90. The summed E-state index contributed by atoms with van der Waals surface area (Å²) in [5.74, 6) is 1.70. The quantitative estimate of drug-likeness (QED) is 0.0448. The van der Waals surface area contributed by atoms with Gasteiger partial charge in [-0.3, -0.25) is 9.59 Å². The van der Waals surface area contributed by atoms with Crippen LogP contribution in [-0.4, -0.2) is 56.9 Å². The lowest BCUT2D eigenvalue weighted by molar-refractivity contribution is -0.144. The molecule has 0 saturated heterocycles. The Bertz CT molecular complexity index is 865. The number of hydrogen-bond acceptors (Lipinski definition) is 6. The summed E-state index contributed by atoms with van der Waals surface area (Å²) in [6.07, 6.45) is 53.2. The van der Waals surface area contributed by atoms with E-state index < -0.39 is 0 Å². The molecular formula is C56H109NO5. The minimum absolute atomic E-state index is 0.00884. The van der Waals surface area contributed by atoms with Gasteiger partial charge in [-0.15, -0.1) is 0 Å². The molecule has 0 saturated carbocycles. The molecule has 0 aromatic heterocycles. The number of unbranched alkanes of at least 4 members (excludes halogenated alkanes) is 22. The third-order valence-corrected chi connectivity index (χ3v) is 13.0. The summed E-state index contributed by atoms with van der Waals surface area (Å²) in [5.41, 5.74) is 0. The van der Waals surface area contributed by atoms with Gasteiger partial charge in [0.05, 0.1) is 25.9 Å². The third-order valence-electron chi connectivity index (χ3n) is 13.0. The Morgan fingerprint density at radius 1 is 0.403 bits per heavy atom. The number of carbonyl (C=O) groups excluding carboxylic acids is 2. The van der Waals surface area contributed by atoms with Crippen LogP contribution in [0.5, 0.6) is 0 Å². The molecule has 62 heavy (non-hydrogen) atoms. The fourth-order valence-corrected chi connectivity index (χ4v) is 8.99. The highest BCUT2D eigenvalue weighted by Crippen LogP contribution is 2.25. The van der Waals surface area contributed by atoms with E-state index in [1.54, 1.807) is 0 Å². The number of carbonyl (C=O) groups is 2. The lowest BCUT2D eigenvalue weighted by Crippen LogP contribution is -2.14. The molecule has 6 nitrogen and oxygen atoms in total. The highest BCUT2D eigenvalue weighted by molar-refractivity contribution is 5.69. The Morgan fingerprint density at radius 3 is 1.06 bits per heavy atom. The normalized spacial score (nSPS) is 11.8. The smallest absolute Gasteiger partial charge is 0.305 e. The predicted octanol–water partition coefficient (Wildman–Crippen LogP) is 17.4. The first kappa shape index (κ1) is 60.4. The van der Waals surface area contributed by atoms with Crippen LogP contribution in [0.3, 0.4) is 0 Å². The number of ether oxygens (including phenoxy) is 3. The van der Waals surface area contributed by atoms with E-state index in [-0.39, 0.29) is 11.9 Å². The summed E-state index contributed by atoms with van der Waals surface area (Å²) in [5, 5.41) is 0. The Kier molecular flexibility index (Phi) is 47.7. The first-order valence-electron chi connectivity index (χ1n) is 27.6. The van der Waals surface area contributed by atoms with Gasteiger partial charge >= 0.3 is 11.9 Å². The fraction of sp³-hybridized carbons (Fsp3) is 0.929. The maximum absolute atomic E-state index is 12.4. The molecule has 0 spiro atoms. The van der Waals surface area contributed by atoms with E-state index >= 15 is 0 Å². The molecular weight excluding hydrogens is 767 g/mol. The van der Waals surface area contributed by atoms with Gasteiger partial charge in [-0.25, -0.2) is 0 Å². The van der Waals surface area contributed by atoms with Crippen molar-refractivity contribution in [3.63, 3.8) is 0 Å². The van der Waals surface area contributed by atoms with E-state index in [2.05, 4.69) is 44.9 Å². The van der Waals surface area contributed by atoms with Crippen molar-refractivity contribution < 1.29 is 23.8 Å². The summed E-state index contributed by atoms with van der Waals surface area (Å²) in [6.45, 7) is 11.0. The molecule has 0 rings (SSSR count). The van der Waals surface area contributed by atoms with E-state index in [1.165, 1.54) is 193 Å². The second kappa shape index (κ2) is 48.9. The van der Waals surface area contributed by atoms with E-state index in [1.807, 2.05) is 14.1 Å². The van der Waals surface area contributed by atoms with E-state index in [9.17, 15) is 9.59 Å². The van der Waals surface area contributed by atoms with Crippen molar-refractivity contribution in [2.45, 2.75) is 291 Å². The molecule has 0 aromatic rings. The zero-order valence-corrected chi connectivity index (χ0v) is 42.8. The molecule has 0 heterocycles. The van der Waals surface area contributed by atoms with Crippen LogP contribution in [0.15, 0.2) is 12.3 Å². The molecule has 0 aliphatic heterocycles. The molecule has 0 aliphatic rings. The van der Waals surface area contributed by atoms with Gasteiger partial charge in [0.1, 0.15) is 0 Å². The average molecular weight is 876 g/mol. The van der Waals surface area contributed by atoms with Gasteiger partial charge in [0.2, 0.25) is 0 Å². The SMILES string of the molecule is CCCCCCC(CCCCCC)CCCCOC(=O)CCCCCCCC(CCCCCCCC(=O)OCCCCC(CCCCCC)CCCCCC)OC/C=C/N(C)C. The predicted molar refractivity (Wildman–Crippen MR) is 269 cm³/mol. The monoisotopic (exact) mass is 876 g/mol. The Morgan fingerprint density at radius 2 is 0.710 bits per heavy atom. The van der Waals surface area contributed by atoms with Crippen LogP contribution in [0.2, 0.25) is 0 Å². The highest BCUT2D eigenvalue weighted by atomic mass is 16.5. The van der Waals surface area contributed by atoms with Crippen LogP contribution in [-0.2, 0) is 23.8 Å². The summed E-state index contributed by atoms with van der Waals surface area (Å²) >= 11 is 0. The van der Waals surface area contributed by atoms with Crippen molar-refractivity contribution in [2.75, 3.05) is 33.9 Å². The summed E-state index contributed by atoms with van der Waals surface area (Å²) < 4.78 is 17.6. The molecule has 0 radical (unpaired) electrons. The molecule has 0 aromatic carbocycles. The van der Waals surface area contributed by atoms with Crippen LogP contribution < -0.4 is 0 Å². The van der Waals surface area contributed by atoms with Crippen LogP contribution in [0.4, 0.5) is 0 Å². The Labute approximate surface area is 388 Å². The van der Waals surface area contributed by atoms with Crippen LogP contribution in [0.1, 0.15) is 285 Å². The average Bonchev–Trinajstić information content (AvgIpc) is 3.26. The first-order chi connectivity index (χ1) is 30.4. The number of rotatable bonds is 50. The summed E-state index contributed by atoms with van der Waals surface area (Å²) in [6, 6.07) is 0. The number of esters is 2. The maximum atomic E-state index is 12.4. The highest BCUT2D eigenvalue weighted by Gasteiger charge is 2.12. The molecule has 0 N–H and O–H groups in total. The van der Waals surface area contributed by atoms with E-state index in [4.69, 9.17) is 14.2 Å². The minimum Gasteiger partial charge on any atom is -0.466 e. The topological polar surface area (TPSA) is 65.1 Å². The number of hydrogen-bond donors (Lipinski definition) is 0. The van der Waals surface area contributed by atoms with E-state index in [0.717, 1.165) is 63.2 Å².